The molecule has 0 spiro atoms. The van der Waals surface area contributed by atoms with Gasteiger partial charge in [0.15, 0.2) is 0 Å². The first-order valence-corrected chi connectivity index (χ1v) is 16.4. The summed E-state index contributed by atoms with van der Waals surface area (Å²) < 4.78 is 0. The predicted molar refractivity (Wildman–Crippen MR) is 172 cm³/mol. The molecule has 3 heteroatoms. The summed E-state index contributed by atoms with van der Waals surface area (Å²) in [6.07, 6.45) is 26.5. The Labute approximate surface area is 243 Å². The van der Waals surface area contributed by atoms with Crippen molar-refractivity contribution in [2.24, 2.45) is 5.92 Å². The minimum atomic E-state index is 0.0806. The lowest BCUT2D eigenvalue weighted by Gasteiger charge is -2.19. The van der Waals surface area contributed by atoms with Crippen molar-refractivity contribution in [3.63, 3.8) is 0 Å². The number of rotatable bonds is 24. The fourth-order valence-corrected chi connectivity index (χ4v) is 5.27. The second-order valence-corrected chi connectivity index (χ2v) is 12.1. The van der Waals surface area contributed by atoms with Gasteiger partial charge < -0.3 is 10.6 Å². The molecule has 0 aliphatic heterocycles. The number of carbonyl (C=O) groups is 1. The molecule has 0 aromatic rings. The van der Waals surface area contributed by atoms with Crippen LogP contribution in [-0.4, -0.2) is 18.5 Å². The van der Waals surface area contributed by atoms with Crippen LogP contribution in [0.15, 0.2) is 36.6 Å². The van der Waals surface area contributed by atoms with Gasteiger partial charge in [-0.2, -0.15) is 0 Å². The number of hydrogen-bond donors (Lipinski definition) is 2. The van der Waals surface area contributed by atoms with E-state index in [0.29, 0.717) is 12.3 Å². The highest BCUT2D eigenvalue weighted by Crippen LogP contribution is 2.19. The summed E-state index contributed by atoms with van der Waals surface area (Å²) in [6, 6.07) is 0.0806. The van der Waals surface area contributed by atoms with Crippen LogP contribution in [0.5, 0.6) is 0 Å². The zero-order valence-electron chi connectivity index (χ0n) is 25.9. The first-order valence-electron chi connectivity index (χ1n) is 16.4. The molecule has 1 rings (SSSR count). The van der Waals surface area contributed by atoms with Crippen molar-refractivity contribution >= 4 is 5.91 Å². The fraction of sp³-hybridized carbons (Fsp3) is 0.750. The van der Waals surface area contributed by atoms with Gasteiger partial charge in [-0.05, 0) is 65.2 Å². The van der Waals surface area contributed by atoms with Gasteiger partial charge in [0.05, 0.1) is 0 Å². The lowest BCUT2D eigenvalue weighted by Crippen LogP contribution is -2.35. The van der Waals surface area contributed by atoms with Crippen molar-refractivity contribution in [1.29, 1.82) is 0 Å². The van der Waals surface area contributed by atoms with Gasteiger partial charge in [-0.3, -0.25) is 4.79 Å². The van der Waals surface area contributed by atoms with Crippen LogP contribution in [0.1, 0.15) is 155 Å². The molecule has 0 bridgehead atoms. The van der Waals surface area contributed by atoms with Crippen LogP contribution in [0, 0.1) is 17.8 Å². The molecule has 0 saturated heterocycles. The molecular formula is C36H62N2O. The van der Waals surface area contributed by atoms with Gasteiger partial charge in [0, 0.05) is 37.0 Å². The molecule has 39 heavy (non-hydrogen) atoms. The van der Waals surface area contributed by atoms with E-state index in [-0.39, 0.29) is 11.9 Å². The third kappa shape index (κ3) is 21.5. The van der Waals surface area contributed by atoms with Crippen LogP contribution < -0.4 is 10.6 Å². The Morgan fingerprint density at radius 2 is 1.41 bits per heavy atom. The van der Waals surface area contributed by atoms with Crippen molar-refractivity contribution in [3.8, 4) is 11.8 Å². The molecule has 0 aromatic heterocycles. The van der Waals surface area contributed by atoms with Crippen LogP contribution >= 0.6 is 0 Å². The second kappa shape index (κ2) is 23.9. The van der Waals surface area contributed by atoms with Gasteiger partial charge >= 0.3 is 0 Å². The standard InChI is InChI=1S/C36H62N2O/c1-31(2)26-29-35(32(3)4)38-36(39)25-21-17-12-10-8-6-7-9-11-13-18-22-30-37-33(5)27-28-34-23-19-15-14-16-20-24-34/h34-35,37H,1,3,5-19,21-23,25-30H2,2,4H3,(H,38,39). The average molecular weight is 539 g/mol. The van der Waals surface area contributed by atoms with Crippen LogP contribution in [-0.2, 0) is 4.79 Å². The van der Waals surface area contributed by atoms with E-state index < -0.39 is 0 Å². The van der Waals surface area contributed by atoms with Gasteiger partial charge in [-0.25, -0.2) is 0 Å². The van der Waals surface area contributed by atoms with Crippen LogP contribution in [0.25, 0.3) is 0 Å². The molecule has 0 heterocycles. The fourth-order valence-electron chi connectivity index (χ4n) is 5.27. The monoisotopic (exact) mass is 538 g/mol. The van der Waals surface area contributed by atoms with E-state index in [1.165, 1.54) is 102 Å². The lowest BCUT2D eigenvalue weighted by atomic mass is 9.94. The van der Waals surface area contributed by atoms with E-state index in [1.54, 1.807) is 0 Å². The summed E-state index contributed by atoms with van der Waals surface area (Å²) >= 11 is 0. The molecule has 1 aliphatic carbocycles. The molecule has 2 atom stereocenters. The Balaban J connectivity index is 1.86. The summed E-state index contributed by atoms with van der Waals surface area (Å²) in [7, 11) is 0. The average Bonchev–Trinajstić information content (AvgIpc) is 2.87. The summed E-state index contributed by atoms with van der Waals surface area (Å²) in [6.45, 7) is 17.3. The summed E-state index contributed by atoms with van der Waals surface area (Å²) in [5.74, 6) is 7.59. The van der Waals surface area contributed by atoms with E-state index >= 15 is 0 Å². The van der Waals surface area contributed by atoms with Crippen molar-refractivity contribution in [3.05, 3.63) is 36.6 Å². The molecule has 1 amide bonds. The van der Waals surface area contributed by atoms with Crippen molar-refractivity contribution < 1.29 is 4.79 Å². The highest BCUT2D eigenvalue weighted by atomic mass is 16.1. The van der Waals surface area contributed by atoms with E-state index in [4.69, 9.17) is 0 Å². The smallest absolute Gasteiger partial charge is 0.220 e. The van der Waals surface area contributed by atoms with Crippen LogP contribution in [0.3, 0.4) is 0 Å². The SMILES string of the molecule is C=C(C)CCC(NC(=O)CCCCCCCCCCCCCCNC(=C)CCC1C#CCCCCC1)C(=C)C. The molecule has 0 saturated carbocycles. The number of amides is 1. The number of hydrogen-bond acceptors (Lipinski definition) is 2. The highest BCUT2D eigenvalue weighted by molar-refractivity contribution is 5.76. The third-order valence-corrected chi connectivity index (χ3v) is 7.95. The predicted octanol–water partition coefficient (Wildman–Crippen LogP) is 9.94. The van der Waals surface area contributed by atoms with E-state index in [1.807, 2.05) is 13.8 Å². The van der Waals surface area contributed by atoms with E-state index in [0.717, 1.165) is 56.2 Å². The third-order valence-electron chi connectivity index (χ3n) is 7.95. The zero-order valence-corrected chi connectivity index (χ0v) is 25.9. The summed E-state index contributed by atoms with van der Waals surface area (Å²) in [5.41, 5.74) is 3.39. The molecule has 0 aromatic carbocycles. The molecular weight excluding hydrogens is 476 g/mol. The molecule has 1 aliphatic rings. The van der Waals surface area contributed by atoms with E-state index in [9.17, 15) is 4.79 Å². The quantitative estimate of drug-likeness (QED) is 0.0729. The highest BCUT2D eigenvalue weighted by Gasteiger charge is 2.12. The van der Waals surface area contributed by atoms with Gasteiger partial charge in [0.2, 0.25) is 5.91 Å². The Morgan fingerprint density at radius 1 is 0.795 bits per heavy atom. The topological polar surface area (TPSA) is 41.1 Å². The number of allylic oxidation sites excluding steroid dienone is 2. The number of unbranched alkanes of at least 4 members (excludes halogenated alkanes) is 11. The van der Waals surface area contributed by atoms with Crippen molar-refractivity contribution in [2.75, 3.05) is 6.54 Å². The minimum Gasteiger partial charge on any atom is -0.389 e. The minimum absolute atomic E-state index is 0.0806. The molecule has 2 N–H and O–H groups in total. The lowest BCUT2D eigenvalue weighted by molar-refractivity contribution is -0.121. The summed E-state index contributed by atoms with van der Waals surface area (Å²) in [4.78, 5) is 12.3. The first-order chi connectivity index (χ1) is 18.9. The Morgan fingerprint density at radius 3 is 2.03 bits per heavy atom. The largest absolute Gasteiger partial charge is 0.389 e. The molecule has 2 unspecified atom stereocenters. The number of carbonyl (C=O) groups excluding carboxylic acids is 1. The Hall–Kier alpha value is -1.95. The summed E-state index contributed by atoms with van der Waals surface area (Å²) in [5, 5.41) is 6.70. The van der Waals surface area contributed by atoms with Gasteiger partial charge in [0.1, 0.15) is 0 Å². The first kappa shape index (κ1) is 35.1. The van der Waals surface area contributed by atoms with Gasteiger partial charge in [-0.15, -0.1) is 12.5 Å². The van der Waals surface area contributed by atoms with Gasteiger partial charge in [0.25, 0.3) is 0 Å². The van der Waals surface area contributed by atoms with Crippen molar-refractivity contribution in [1.82, 2.24) is 10.6 Å². The van der Waals surface area contributed by atoms with Gasteiger partial charge in [-0.1, -0.05) is 107 Å². The maximum atomic E-state index is 12.3. The van der Waals surface area contributed by atoms with E-state index in [2.05, 4.69) is 42.2 Å². The van der Waals surface area contributed by atoms with Crippen molar-refractivity contribution in [2.45, 2.75) is 161 Å². The normalized spacial score (nSPS) is 15.8. The second-order valence-electron chi connectivity index (χ2n) is 12.1. The Bertz CT molecular complexity index is 756. The van der Waals surface area contributed by atoms with Crippen LogP contribution in [0.4, 0.5) is 0 Å². The molecule has 3 nitrogen and oxygen atoms in total. The Kier molecular flexibility index (Phi) is 21.5. The molecule has 222 valence electrons. The zero-order chi connectivity index (χ0) is 28.6. The molecule has 0 radical (unpaired) electrons. The maximum absolute atomic E-state index is 12.3. The maximum Gasteiger partial charge on any atom is 0.220 e. The number of nitrogens with one attached hydrogen (secondary N) is 2. The molecule has 0 fully saturated rings. The van der Waals surface area contributed by atoms with Crippen LogP contribution in [0.2, 0.25) is 0 Å².